The molecule has 26 heavy (non-hydrogen) atoms. The maximum atomic E-state index is 12.5. The van der Waals surface area contributed by atoms with Gasteiger partial charge in [0.05, 0.1) is 6.54 Å². The van der Waals surface area contributed by atoms with Crippen LogP contribution in [0.15, 0.2) is 59.4 Å². The lowest BCUT2D eigenvalue weighted by Crippen LogP contribution is -2.26. The average Bonchev–Trinajstić information content (AvgIpc) is 2.61. The average molecular weight is 347 g/mol. The highest BCUT2D eigenvalue weighted by Gasteiger charge is 2.11. The van der Waals surface area contributed by atoms with Crippen LogP contribution >= 0.6 is 0 Å². The number of anilines is 1. The number of carbonyl (C=O) groups excluding carboxylic acids is 1. The van der Waals surface area contributed by atoms with Crippen molar-refractivity contribution in [1.82, 2.24) is 9.78 Å². The van der Waals surface area contributed by atoms with Crippen molar-refractivity contribution in [3.8, 4) is 0 Å². The fraction of sp³-hybridized carbons (Fsp3) is 0.190. The van der Waals surface area contributed by atoms with Gasteiger partial charge in [0.1, 0.15) is 5.69 Å². The van der Waals surface area contributed by atoms with E-state index in [1.165, 1.54) is 16.8 Å². The Bertz CT molecular complexity index is 1000. The maximum Gasteiger partial charge on any atom is 0.276 e. The minimum absolute atomic E-state index is 0.205. The molecule has 0 radical (unpaired) electrons. The second-order valence-corrected chi connectivity index (χ2v) is 6.47. The second-order valence-electron chi connectivity index (χ2n) is 6.47. The molecule has 0 bridgehead atoms. The third-order valence-electron chi connectivity index (χ3n) is 4.18. The van der Waals surface area contributed by atoms with Gasteiger partial charge in [0, 0.05) is 11.8 Å². The predicted octanol–water partition coefficient (Wildman–Crippen LogP) is 3.47. The fourth-order valence-corrected chi connectivity index (χ4v) is 2.69. The van der Waals surface area contributed by atoms with E-state index in [9.17, 15) is 9.59 Å². The molecule has 0 fully saturated rings. The van der Waals surface area contributed by atoms with E-state index in [0.717, 1.165) is 27.9 Å². The molecule has 0 saturated heterocycles. The molecule has 1 heterocycles. The lowest BCUT2D eigenvalue weighted by molar-refractivity contribution is 0.102. The van der Waals surface area contributed by atoms with Gasteiger partial charge in [-0.15, -0.1) is 0 Å². The summed E-state index contributed by atoms with van der Waals surface area (Å²) in [5, 5.41) is 7.08. The summed E-state index contributed by atoms with van der Waals surface area (Å²) in [6, 6.07) is 16.5. The van der Waals surface area contributed by atoms with Gasteiger partial charge in [0.15, 0.2) is 0 Å². The van der Waals surface area contributed by atoms with Crippen LogP contribution in [0.2, 0.25) is 0 Å². The van der Waals surface area contributed by atoms with Crippen LogP contribution in [0.4, 0.5) is 5.69 Å². The highest BCUT2D eigenvalue weighted by molar-refractivity contribution is 6.03. The lowest BCUT2D eigenvalue weighted by atomic mass is 10.1. The summed E-state index contributed by atoms with van der Waals surface area (Å²) < 4.78 is 1.31. The Balaban J connectivity index is 1.83. The molecule has 1 aromatic heterocycles. The number of nitrogens with one attached hydrogen (secondary N) is 1. The number of amides is 1. The summed E-state index contributed by atoms with van der Waals surface area (Å²) in [6.45, 7) is 6.27. The second kappa shape index (κ2) is 7.35. The van der Waals surface area contributed by atoms with E-state index in [0.29, 0.717) is 6.54 Å². The minimum atomic E-state index is -0.338. The molecule has 3 rings (SSSR count). The first-order chi connectivity index (χ1) is 12.4. The Hall–Kier alpha value is -3.21. The predicted molar refractivity (Wildman–Crippen MR) is 103 cm³/mol. The monoisotopic (exact) mass is 347 g/mol. The first kappa shape index (κ1) is 17.6. The standard InChI is InChI=1S/C21H21N3O2/c1-14-4-7-17(8-5-14)13-24-20(25)11-10-19(23-24)21(26)22-18-9-6-15(2)12-16(18)3/h4-12H,13H2,1-3H3,(H,22,26). The van der Waals surface area contributed by atoms with Gasteiger partial charge in [-0.3, -0.25) is 9.59 Å². The first-order valence-electron chi connectivity index (χ1n) is 8.45. The molecule has 1 N–H and O–H groups in total. The van der Waals surface area contributed by atoms with Crippen molar-refractivity contribution >= 4 is 11.6 Å². The molecule has 5 nitrogen and oxygen atoms in total. The molecule has 0 aliphatic heterocycles. The normalized spacial score (nSPS) is 10.6. The first-order valence-corrected chi connectivity index (χ1v) is 8.45. The number of aryl methyl sites for hydroxylation is 3. The molecule has 3 aromatic rings. The van der Waals surface area contributed by atoms with E-state index in [4.69, 9.17) is 0 Å². The van der Waals surface area contributed by atoms with Gasteiger partial charge in [0.2, 0.25) is 0 Å². The minimum Gasteiger partial charge on any atom is -0.320 e. The van der Waals surface area contributed by atoms with Crippen molar-refractivity contribution in [1.29, 1.82) is 0 Å². The van der Waals surface area contributed by atoms with E-state index in [-0.39, 0.29) is 17.2 Å². The van der Waals surface area contributed by atoms with Crippen LogP contribution in [0, 0.1) is 20.8 Å². The number of aromatic nitrogens is 2. The molecule has 2 aromatic carbocycles. The van der Waals surface area contributed by atoms with Gasteiger partial charge in [-0.25, -0.2) is 4.68 Å². The zero-order chi connectivity index (χ0) is 18.7. The third kappa shape index (κ3) is 4.06. The van der Waals surface area contributed by atoms with Crippen molar-refractivity contribution in [2.75, 3.05) is 5.32 Å². The summed E-state index contributed by atoms with van der Waals surface area (Å²) in [5.41, 5.74) is 4.91. The third-order valence-corrected chi connectivity index (χ3v) is 4.18. The molecule has 1 amide bonds. The van der Waals surface area contributed by atoms with E-state index in [1.54, 1.807) is 0 Å². The van der Waals surface area contributed by atoms with E-state index in [2.05, 4.69) is 10.4 Å². The molecule has 132 valence electrons. The lowest BCUT2D eigenvalue weighted by Gasteiger charge is -2.10. The number of nitrogens with zero attached hydrogens (tertiary/aromatic N) is 2. The molecule has 0 spiro atoms. The van der Waals surface area contributed by atoms with Crippen LogP contribution in [0.1, 0.15) is 32.7 Å². The number of hydrogen-bond donors (Lipinski definition) is 1. The highest BCUT2D eigenvalue weighted by Crippen LogP contribution is 2.16. The van der Waals surface area contributed by atoms with E-state index < -0.39 is 0 Å². The Labute approximate surface area is 152 Å². The zero-order valence-electron chi connectivity index (χ0n) is 15.1. The Morgan fingerprint density at radius 3 is 2.35 bits per heavy atom. The van der Waals surface area contributed by atoms with Crippen LogP contribution in [-0.2, 0) is 6.54 Å². The molecule has 0 aliphatic carbocycles. The van der Waals surface area contributed by atoms with Gasteiger partial charge in [-0.05, 0) is 44.0 Å². The van der Waals surface area contributed by atoms with Crippen molar-refractivity contribution in [2.45, 2.75) is 27.3 Å². The summed E-state index contributed by atoms with van der Waals surface area (Å²) in [5.74, 6) is -0.338. The van der Waals surface area contributed by atoms with Crippen molar-refractivity contribution in [3.63, 3.8) is 0 Å². The van der Waals surface area contributed by atoms with Gasteiger partial charge < -0.3 is 5.32 Å². The molecule has 0 saturated carbocycles. The molecule has 0 aliphatic rings. The van der Waals surface area contributed by atoms with Crippen LogP contribution < -0.4 is 10.9 Å². The number of hydrogen-bond acceptors (Lipinski definition) is 3. The summed E-state index contributed by atoms with van der Waals surface area (Å²) in [6.07, 6.45) is 0. The maximum absolute atomic E-state index is 12.5. The van der Waals surface area contributed by atoms with Gasteiger partial charge in [-0.1, -0.05) is 47.5 Å². The Morgan fingerprint density at radius 1 is 0.962 bits per heavy atom. The van der Waals surface area contributed by atoms with Crippen molar-refractivity contribution in [3.05, 3.63) is 92.9 Å². The van der Waals surface area contributed by atoms with Crippen LogP contribution in [0.3, 0.4) is 0 Å². The van der Waals surface area contributed by atoms with E-state index in [1.807, 2.05) is 63.2 Å². The Kier molecular flexibility index (Phi) is 4.98. The molecular weight excluding hydrogens is 326 g/mol. The SMILES string of the molecule is Cc1ccc(Cn2nc(C(=O)Nc3ccc(C)cc3C)ccc2=O)cc1. The van der Waals surface area contributed by atoms with Crippen molar-refractivity contribution < 1.29 is 4.79 Å². The van der Waals surface area contributed by atoms with Crippen molar-refractivity contribution in [2.24, 2.45) is 0 Å². The van der Waals surface area contributed by atoms with Gasteiger partial charge >= 0.3 is 0 Å². The molecule has 5 heteroatoms. The highest BCUT2D eigenvalue weighted by atomic mass is 16.2. The molecular formula is C21H21N3O2. The smallest absolute Gasteiger partial charge is 0.276 e. The van der Waals surface area contributed by atoms with Crippen LogP contribution in [-0.4, -0.2) is 15.7 Å². The number of benzene rings is 2. The summed E-state index contributed by atoms with van der Waals surface area (Å²) in [4.78, 5) is 24.6. The molecule has 0 atom stereocenters. The fourth-order valence-electron chi connectivity index (χ4n) is 2.69. The quantitative estimate of drug-likeness (QED) is 0.786. The van der Waals surface area contributed by atoms with Crippen LogP contribution in [0.25, 0.3) is 0 Å². The zero-order valence-corrected chi connectivity index (χ0v) is 15.1. The summed E-state index contributed by atoms with van der Waals surface area (Å²) >= 11 is 0. The van der Waals surface area contributed by atoms with E-state index >= 15 is 0 Å². The van der Waals surface area contributed by atoms with Crippen LogP contribution in [0.5, 0.6) is 0 Å². The summed E-state index contributed by atoms with van der Waals surface area (Å²) in [7, 11) is 0. The van der Waals surface area contributed by atoms with Gasteiger partial charge in [0.25, 0.3) is 11.5 Å². The Morgan fingerprint density at radius 2 is 1.65 bits per heavy atom. The topological polar surface area (TPSA) is 64.0 Å². The van der Waals surface area contributed by atoms with Gasteiger partial charge in [-0.2, -0.15) is 5.10 Å². The number of rotatable bonds is 4. The largest absolute Gasteiger partial charge is 0.320 e. The molecule has 0 unspecified atom stereocenters. The number of carbonyl (C=O) groups is 1.